The van der Waals surface area contributed by atoms with Gasteiger partial charge < -0.3 is 14.5 Å². The first kappa shape index (κ1) is 12.9. The molecular weight excluding hydrogens is 258 g/mol. The predicted molar refractivity (Wildman–Crippen MR) is 78.8 cm³/mol. The average molecular weight is 279 g/mol. The molecular formula is C13H21N5S. The lowest BCUT2D eigenvalue weighted by Gasteiger charge is -2.29. The Hall–Kier alpha value is -1.14. The largest absolute Gasteiger partial charge is 0.328 e. The summed E-state index contributed by atoms with van der Waals surface area (Å²) < 4.78 is 4.97. The van der Waals surface area contributed by atoms with Crippen molar-refractivity contribution in [2.24, 2.45) is 13.0 Å². The highest BCUT2D eigenvalue weighted by molar-refractivity contribution is 7.71. The predicted octanol–water partition coefficient (Wildman–Crippen LogP) is 2.08. The van der Waals surface area contributed by atoms with Crippen molar-refractivity contribution in [2.75, 3.05) is 20.1 Å². The summed E-state index contributed by atoms with van der Waals surface area (Å²) in [6, 6.07) is 0. The smallest absolute Gasteiger partial charge is 0.179 e. The van der Waals surface area contributed by atoms with Crippen molar-refractivity contribution in [3.8, 4) is 0 Å². The van der Waals surface area contributed by atoms with Gasteiger partial charge in [-0.05, 0) is 51.5 Å². The van der Waals surface area contributed by atoms with Gasteiger partial charge in [-0.2, -0.15) is 5.10 Å². The van der Waals surface area contributed by atoms with Gasteiger partial charge in [0.05, 0.1) is 5.69 Å². The van der Waals surface area contributed by atoms with Crippen LogP contribution in [0, 0.1) is 17.6 Å². The molecule has 0 amide bonds. The van der Waals surface area contributed by atoms with Crippen molar-refractivity contribution >= 4 is 23.4 Å². The van der Waals surface area contributed by atoms with Crippen molar-refractivity contribution in [2.45, 2.75) is 26.3 Å². The molecule has 19 heavy (non-hydrogen) atoms. The van der Waals surface area contributed by atoms with E-state index >= 15 is 0 Å². The van der Waals surface area contributed by atoms with Crippen LogP contribution in [0.5, 0.6) is 0 Å². The monoisotopic (exact) mass is 279 g/mol. The van der Waals surface area contributed by atoms with E-state index in [-0.39, 0.29) is 0 Å². The molecule has 1 unspecified atom stereocenters. The number of aromatic nitrogens is 4. The summed E-state index contributed by atoms with van der Waals surface area (Å²) in [5.74, 6) is 0.680. The minimum atomic E-state index is 0.680. The SMILES string of the molecule is Cc1nn(C)c2c1[nH]c(=S)n2CC1CCCN(C)C1. The van der Waals surface area contributed by atoms with Gasteiger partial charge in [-0.25, -0.2) is 0 Å². The van der Waals surface area contributed by atoms with E-state index < -0.39 is 0 Å². The van der Waals surface area contributed by atoms with Gasteiger partial charge in [0.1, 0.15) is 5.52 Å². The second-order valence-corrected chi connectivity index (χ2v) is 6.11. The van der Waals surface area contributed by atoms with Gasteiger partial charge in [-0.15, -0.1) is 0 Å². The van der Waals surface area contributed by atoms with Gasteiger partial charge in [0, 0.05) is 20.1 Å². The molecule has 2 aromatic heterocycles. The Morgan fingerprint density at radius 3 is 2.95 bits per heavy atom. The molecule has 0 aromatic carbocycles. The topological polar surface area (TPSA) is 41.8 Å². The van der Waals surface area contributed by atoms with Crippen molar-refractivity contribution in [3.05, 3.63) is 10.5 Å². The lowest BCUT2D eigenvalue weighted by atomic mass is 9.98. The Balaban J connectivity index is 1.96. The van der Waals surface area contributed by atoms with E-state index in [9.17, 15) is 0 Å². The molecule has 1 N–H and O–H groups in total. The third-order valence-corrected chi connectivity index (χ3v) is 4.41. The van der Waals surface area contributed by atoms with Gasteiger partial charge >= 0.3 is 0 Å². The Morgan fingerprint density at radius 1 is 1.42 bits per heavy atom. The maximum absolute atomic E-state index is 5.48. The quantitative estimate of drug-likeness (QED) is 0.856. The molecule has 0 radical (unpaired) electrons. The molecule has 6 heteroatoms. The van der Waals surface area contributed by atoms with Gasteiger partial charge in [-0.1, -0.05) is 0 Å². The number of nitrogens with one attached hydrogen (secondary N) is 1. The number of hydrogen-bond acceptors (Lipinski definition) is 3. The van der Waals surface area contributed by atoms with E-state index in [2.05, 4.69) is 26.6 Å². The molecule has 3 heterocycles. The third kappa shape index (κ3) is 2.23. The van der Waals surface area contributed by atoms with Crippen molar-refractivity contribution in [3.63, 3.8) is 0 Å². The summed E-state index contributed by atoms with van der Waals surface area (Å²) in [7, 11) is 4.19. The van der Waals surface area contributed by atoms with Crippen molar-refractivity contribution in [1.82, 2.24) is 24.2 Å². The number of rotatable bonds is 2. The maximum Gasteiger partial charge on any atom is 0.179 e. The van der Waals surface area contributed by atoms with Gasteiger partial charge in [0.15, 0.2) is 10.4 Å². The van der Waals surface area contributed by atoms with Crippen LogP contribution in [0.1, 0.15) is 18.5 Å². The molecule has 1 fully saturated rings. The van der Waals surface area contributed by atoms with Crippen molar-refractivity contribution in [1.29, 1.82) is 0 Å². The zero-order valence-corrected chi connectivity index (χ0v) is 12.6. The lowest BCUT2D eigenvalue weighted by molar-refractivity contribution is 0.195. The molecule has 1 aliphatic heterocycles. The number of piperidine rings is 1. The molecule has 1 saturated heterocycles. The van der Waals surface area contributed by atoms with Crippen LogP contribution < -0.4 is 0 Å². The highest BCUT2D eigenvalue weighted by Gasteiger charge is 2.20. The summed E-state index contributed by atoms with van der Waals surface area (Å²) in [6.45, 7) is 5.38. The Bertz CT molecular complexity index is 650. The first-order valence-corrected chi connectivity index (χ1v) is 7.27. The highest BCUT2D eigenvalue weighted by atomic mass is 32.1. The molecule has 0 spiro atoms. The highest BCUT2D eigenvalue weighted by Crippen LogP contribution is 2.22. The van der Waals surface area contributed by atoms with Crippen LogP contribution in [-0.2, 0) is 13.6 Å². The molecule has 2 aromatic rings. The first-order valence-electron chi connectivity index (χ1n) is 6.87. The van der Waals surface area contributed by atoms with E-state index in [1.54, 1.807) is 0 Å². The minimum Gasteiger partial charge on any atom is -0.328 e. The van der Waals surface area contributed by atoms with Gasteiger partial charge in [0.25, 0.3) is 0 Å². The number of hydrogen-bond donors (Lipinski definition) is 1. The normalized spacial score (nSPS) is 21.3. The standard InChI is InChI=1S/C13H21N5S/c1-9-11-12(17(3)15-9)18(13(19)14-11)8-10-5-4-6-16(2)7-10/h10H,4-8H2,1-3H3,(H,14,19). The van der Waals surface area contributed by atoms with Gasteiger partial charge in [0.2, 0.25) is 0 Å². The molecule has 5 nitrogen and oxygen atoms in total. The summed E-state index contributed by atoms with van der Waals surface area (Å²) in [5, 5.41) is 4.47. The molecule has 3 rings (SSSR count). The lowest BCUT2D eigenvalue weighted by Crippen LogP contribution is -2.34. The van der Waals surface area contributed by atoms with E-state index in [4.69, 9.17) is 12.2 Å². The van der Waals surface area contributed by atoms with Crippen LogP contribution in [-0.4, -0.2) is 44.4 Å². The van der Waals surface area contributed by atoms with E-state index in [0.29, 0.717) is 5.92 Å². The summed E-state index contributed by atoms with van der Waals surface area (Å²) in [6.07, 6.45) is 2.57. The fourth-order valence-electron chi connectivity index (χ4n) is 3.22. The van der Waals surface area contributed by atoms with Crippen molar-refractivity contribution < 1.29 is 0 Å². The molecule has 0 bridgehead atoms. The van der Waals surface area contributed by atoms with E-state index in [1.165, 1.54) is 19.4 Å². The molecule has 0 aliphatic carbocycles. The molecule has 1 atom stereocenters. The first-order chi connectivity index (χ1) is 9.06. The number of H-pyrrole nitrogens is 1. The summed E-state index contributed by atoms with van der Waals surface area (Å²) >= 11 is 5.48. The van der Waals surface area contributed by atoms with Crippen LogP contribution in [0.3, 0.4) is 0 Å². The second kappa shape index (κ2) is 4.76. The zero-order valence-electron chi connectivity index (χ0n) is 11.8. The summed E-state index contributed by atoms with van der Waals surface area (Å²) in [5.41, 5.74) is 3.22. The fourth-order valence-corrected chi connectivity index (χ4v) is 3.49. The molecule has 104 valence electrons. The molecule has 1 aliphatic rings. The van der Waals surface area contributed by atoms with Gasteiger partial charge in [-0.3, -0.25) is 4.68 Å². The Kier molecular flexibility index (Phi) is 3.22. The number of imidazole rings is 1. The maximum atomic E-state index is 5.48. The number of nitrogens with zero attached hydrogens (tertiary/aromatic N) is 4. The number of aryl methyl sites for hydroxylation is 2. The van der Waals surface area contributed by atoms with Crippen LogP contribution in [0.25, 0.3) is 11.2 Å². The fraction of sp³-hybridized carbons (Fsp3) is 0.692. The van der Waals surface area contributed by atoms with Crippen LogP contribution in [0.2, 0.25) is 0 Å². The average Bonchev–Trinajstić information content (AvgIpc) is 2.80. The van der Waals surface area contributed by atoms with Crippen LogP contribution in [0.15, 0.2) is 0 Å². The zero-order chi connectivity index (χ0) is 13.6. The van der Waals surface area contributed by atoms with Crippen LogP contribution in [0.4, 0.5) is 0 Å². The Morgan fingerprint density at radius 2 is 2.21 bits per heavy atom. The van der Waals surface area contributed by atoms with E-state index in [0.717, 1.165) is 34.7 Å². The number of fused-ring (bicyclic) bond motifs is 1. The number of aromatic amines is 1. The summed E-state index contributed by atoms with van der Waals surface area (Å²) in [4.78, 5) is 5.71. The van der Waals surface area contributed by atoms with Crippen LogP contribution >= 0.6 is 12.2 Å². The Labute approximate surface area is 118 Å². The van der Waals surface area contributed by atoms with E-state index in [1.807, 2.05) is 18.7 Å². The number of likely N-dealkylation sites (tertiary alicyclic amines) is 1. The minimum absolute atomic E-state index is 0.680. The third-order valence-electron chi connectivity index (χ3n) is 4.09. The molecule has 0 saturated carbocycles. The second-order valence-electron chi connectivity index (χ2n) is 5.72.